The molecular weight excluding hydrogens is 160 g/mol. The lowest BCUT2D eigenvalue weighted by Gasteiger charge is -2.08. The van der Waals surface area contributed by atoms with Gasteiger partial charge >= 0.3 is 0 Å². The van der Waals surface area contributed by atoms with Crippen molar-refractivity contribution in [3.05, 3.63) is 11.8 Å². The van der Waals surface area contributed by atoms with Crippen molar-refractivity contribution in [1.29, 1.82) is 5.41 Å². The van der Waals surface area contributed by atoms with E-state index in [1.807, 2.05) is 33.1 Å². The summed E-state index contributed by atoms with van der Waals surface area (Å²) in [5, 5.41) is 7.51. The largest absolute Gasteiger partial charge is 0.310 e. The average molecular weight is 180 g/mol. The zero-order valence-corrected chi connectivity index (χ0v) is 9.09. The molecule has 1 atom stereocenters. The maximum atomic E-state index is 7.51. The molecule has 0 fully saturated rings. The fraction of sp³-hybridized carbons (Fsp3) is 0.636. The molecule has 0 aromatic rings. The standard InChI is InChI=1S/C11H20N2/c1-5-9(3)13-8-7-11(6-2)10(4)12/h5,8,11-12H,6-7H2,1-4H3/b9-5-,12-10?,13-8?. The Morgan fingerprint density at radius 1 is 1.46 bits per heavy atom. The second-order valence-electron chi connectivity index (χ2n) is 3.27. The van der Waals surface area contributed by atoms with E-state index in [-0.39, 0.29) is 0 Å². The summed E-state index contributed by atoms with van der Waals surface area (Å²) < 4.78 is 0. The van der Waals surface area contributed by atoms with Gasteiger partial charge in [0.25, 0.3) is 0 Å². The van der Waals surface area contributed by atoms with Crippen molar-refractivity contribution >= 4 is 11.9 Å². The lowest BCUT2D eigenvalue weighted by molar-refractivity contribution is 0.693. The first-order chi connectivity index (χ1) is 6.11. The number of hydrogen-bond acceptors (Lipinski definition) is 2. The zero-order valence-electron chi connectivity index (χ0n) is 9.09. The van der Waals surface area contributed by atoms with E-state index in [2.05, 4.69) is 11.9 Å². The first kappa shape index (κ1) is 12.1. The molecule has 13 heavy (non-hydrogen) atoms. The van der Waals surface area contributed by atoms with Gasteiger partial charge in [-0.15, -0.1) is 0 Å². The Hall–Kier alpha value is -0.920. The first-order valence-electron chi connectivity index (χ1n) is 4.82. The number of allylic oxidation sites excluding steroid dienone is 2. The van der Waals surface area contributed by atoms with E-state index in [4.69, 9.17) is 5.41 Å². The molecule has 0 aromatic carbocycles. The SMILES string of the molecule is C/C=C(/C)N=CCC(CC)C(C)=N. The summed E-state index contributed by atoms with van der Waals surface area (Å²) in [5.41, 5.74) is 1.80. The number of nitrogens with zero attached hydrogens (tertiary/aromatic N) is 1. The van der Waals surface area contributed by atoms with Crippen LogP contribution in [0.15, 0.2) is 16.8 Å². The third kappa shape index (κ3) is 5.34. The van der Waals surface area contributed by atoms with Crippen LogP contribution in [0.5, 0.6) is 0 Å². The minimum Gasteiger partial charge on any atom is -0.310 e. The van der Waals surface area contributed by atoms with E-state index >= 15 is 0 Å². The van der Waals surface area contributed by atoms with Crippen LogP contribution < -0.4 is 0 Å². The van der Waals surface area contributed by atoms with Gasteiger partial charge in [-0.25, -0.2) is 0 Å². The van der Waals surface area contributed by atoms with E-state index in [0.29, 0.717) is 5.92 Å². The van der Waals surface area contributed by atoms with Gasteiger partial charge in [0, 0.05) is 23.5 Å². The van der Waals surface area contributed by atoms with Crippen LogP contribution in [0.3, 0.4) is 0 Å². The van der Waals surface area contributed by atoms with Crippen LogP contribution in [0.2, 0.25) is 0 Å². The van der Waals surface area contributed by atoms with Crippen molar-refractivity contribution in [2.45, 2.75) is 40.5 Å². The third-order valence-corrected chi connectivity index (χ3v) is 2.21. The Bertz CT molecular complexity index is 214. The van der Waals surface area contributed by atoms with Gasteiger partial charge in [0.1, 0.15) is 0 Å². The van der Waals surface area contributed by atoms with E-state index < -0.39 is 0 Å². The smallest absolute Gasteiger partial charge is 0.0326 e. The van der Waals surface area contributed by atoms with Crippen LogP contribution in [-0.4, -0.2) is 11.9 Å². The Morgan fingerprint density at radius 3 is 2.46 bits per heavy atom. The molecular formula is C11H20N2. The Balaban J connectivity index is 3.99. The highest BCUT2D eigenvalue weighted by atomic mass is 14.7. The van der Waals surface area contributed by atoms with E-state index in [0.717, 1.165) is 24.3 Å². The lowest BCUT2D eigenvalue weighted by Crippen LogP contribution is -2.09. The minimum atomic E-state index is 0.369. The van der Waals surface area contributed by atoms with Crippen LogP contribution in [0.1, 0.15) is 40.5 Å². The van der Waals surface area contributed by atoms with Crippen molar-refractivity contribution < 1.29 is 0 Å². The third-order valence-electron chi connectivity index (χ3n) is 2.21. The Labute approximate surface area is 81.3 Å². The summed E-state index contributed by atoms with van der Waals surface area (Å²) in [7, 11) is 0. The molecule has 0 saturated carbocycles. The number of nitrogens with one attached hydrogen (secondary N) is 1. The van der Waals surface area contributed by atoms with Crippen LogP contribution in [0.4, 0.5) is 0 Å². The van der Waals surface area contributed by atoms with Crippen LogP contribution in [-0.2, 0) is 0 Å². The molecule has 0 aliphatic carbocycles. The summed E-state index contributed by atoms with van der Waals surface area (Å²) in [6.07, 6.45) is 5.81. The summed E-state index contributed by atoms with van der Waals surface area (Å²) in [5.74, 6) is 0.369. The molecule has 0 aliphatic rings. The van der Waals surface area contributed by atoms with Crippen LogP contribution in [0.25, 0.3) is 0 Å². The molecule has 0 rings (SSSR count). The number of hydrogen-bond donors (Lipinski definition) is 1. The molecule has 1 N–H and O–H groups in total. The van der Waals surface area contributed by atoms with Crippen molar-refractivity contribution in [3.63, 3.8) is 0 Å². The molecule has 0 saturated heterocycles. The summed E-state index contributed by atoms with van der Waals surface area (Å²) in [4.78, 5) is 4.25. The normalized spacial score (nSPS) is 14.9. The highest BCUT2D eigenvalue weighted by Crippen LogP contribution is 2.08. The van der Waals surface area contributed by atoms with Crippen LogP contribution >= 0.6 is 0 Å². The zero-order chi connectivity index (χ0) is 10.3. The fourth-order valence-corrected chi connectivity index (χ4v) is 1.05. The van der Waals surface area contributed by atoms with Gasteiger partial charge in [0.15, 0.2) is 0 Å². The van der Waals surface area contributed by atoms with E-state index in [1.165, 1.54) is 0 Å². The lowest BCUT2D eigenvalue weighted by atomic mass is 9.98. The van der Waals surface area contributed by atoms with E-state index in [9.17, 15) is 0 Å². The molecule has 0 aliphatic heterocycles. The summed E-state index contributed by atoms with van der Waals surface area (Å²) >= 11 is 0. The predicted octanol–water partition coefficient (Wildman–Crippen LogP) is 3.44. The molecule has 0 bridgehead atoms. The Morgan fingerprint density at radius 2 is 2.08 bits per heavy atom. The van der Waals surface area contributed by atoms with Gasteiger partial charge in [-0.3, -0.25) is 4.99 Å². The van der Waals surface area contributed by atoms with E-state index in [1.54, 1.807) is 0 Å². The molecule has 0 amide bonds. The number of aliphatic imine (C=N–C) groups is 1. The molecule has 0 spiro atoms. The summed E-state index contributed by atoms with van der Waals surface area (Å²) in [6.45, 7) is 7.93. The van der Waals surface area contributed by atoms with Gasteiger partial charge in [-0.1, -0.05) is 13.0 Å². The first-order valence-corrected chi connectivity index (χ1v) is 4.82. The maximum Gasteiger partial charge on any atom is 0.0326 e. The second kappa shape index (κ2) is 6.58. The molecule has 0 aromatic heterocycles. The topological polar surface area (TPSA) is 36.2 Å². The van der Waals surface area contributed by atoms with Gasteiger partial charge < -0.3 is 5.41 Å². The molecule has 2 heteroatoms. The van der Waals surface area contributed by atoms with Gasteiger partial charge in [0.2, 0.25) is 0 Å². The molecule has 74 valence electrons. The molecule has 1 unspecified atom stereocenters. The summed E-state index contributed by atoms with van der Waals surface area (Å²) in [6, 6.07) is 0. The second-order valence-corrected chi connectivity index (χ2v) is 3.27. The van der Waals surface area contributed by atoms with Crippen molar-refractivity contribution in [2.24, 2.45) is 10.9 Å². The quantitative estimate of drug-likeness (QED) is 0.629. The monoisotopic (exact) mass is 180 g/mol. The van der Waals surface area contributed by atoms with Crippen molar-refractivity contribution in [3.8, 4) is 0 Å². The van der Waals surface area contributed by atoms with Gasteiger partial charge in [-0.05, 0) is 33.6 Å². The molecule has 0 heterocycles. The number of rotatable bonds is 5. The minimum absolute atomic E-state index is 0.369. The predicted molar refractivity (Wildman–Crippen MR) is 59.7 cm³/mol. The highest BCUT2D eigenvalue weighted by molar-refractivity contribution is 5.83. The maximum absolute atomic E-state index is 7.51. The van der Waals surface area contributed by atoms with Crippen LogP contribution in [0, 0.1) is 11.3 Å². The molecule has 0 radical (unpaired) electrons. The van der Waals surface area contributed by atoms with Crippen molar-refractivity contribution in [2.75, 3.05) is 0 Å². The van der Waals surface area contributed by atoms with Crippen molar-refractivity contribution in [1.82, 2.24) is 0 Å². The van der Waals surface area contributed by atoms with Gasteiger partial charge in [-0.2, -0.15) is 0 Å². The molecule has 2 nitrogen and oxygen atoms in total. The fourth-order valence-electron chi connectivity index (χ4n) is 1.05. The Kier molecular flexibility index (Phi) is 6.11. The van der Waals surface area contributed by atoms with Gasteiger partial charge in [0.05, 0.1) is 0 Å². The average Bonchev–Trinajstić information content (AvgIpc) is 2.11. The highest BCUT2D eigenvalue weighted by Gasteiger charge is 2.05.